The number of sulfone groups is 1. The molecule has 2 N–H and O–H groups in total. The minimum atomic E-state index is -2.99. The van der Waals surface area contributed by atoms with Crippen LogP contribution >= 0.6 is 0 Å². The predicted octanol–water partition coefficient (Wildman–Crippen LogP) is 1.82. The number of ether oxygens (including phenoxy) is 1. The molecule has 1 aromatic rings. The zero-order valence-electron chi connectivity index (χ0n) is 17.3. The fourth-order valence-electron chi connectivity index (χ4n) is 3.40. The average molecular weight is 411 g/mol. The quantitative estimate of drug-likeness (QED) is 0.477. The molecule has 0 amide bonds. The van der Waals surface area contributed by atoms with E-state index in [0.29, 0.717) is 19.0 Å². The maximum Gasteiger partial charge on any atom is 0.191 e. The predicted molar refractivity (Wildman–Crippen MR) is 115 cm³/mol. The molecule has 0 aromatic heterocycles. The first-order chi connectivity index (χ1) is 13.5. The van der Waals surface area contributed by atoms with Crippen molar-refractivity contribution in [2.75, 3.05) is 51.8 Å². The van der Waals surface area contributed by atoms with Gasteiger partial charge in [0.2, 0.25) is 0 Å². The highest BCUT2D eigenvalue weighted by molar-refractivity contribution is 7.91. The number of guanidine groups is 1. The molecule has 0 radical (unpaired) electrons. The summed E-state index contributed by atoms with van der Waals surface area (Å²) in [5.74, 6) is 1.75. The van der Waals surface area contributed by atoms with Crippen LogP contribution in [0.5, 0.6) is 5.75 Å². The minimum Gasteiger partial charge on any atom is -0.497 e. The summed E-state index contributed by atoms with van der Waals surface area (Å²) >= 11 is 0. The second kappa shape index (κ2) is 11.3. The third kappa shape index (κ3) is 6.98. The monoisotopic (exact) mass is 410 g/mol. The molecule has 0 saturated carbocycles. The Balaban J connectivity index is 2.00. The molecule has 0 bridgehead atoms. The number of hydrogen-bond donors (Lipinski definition) is 2. The van der Waals surface area contributed by atoms with Gasteiger partial charge >= 0.3 is 0 Å². The SMILES string of the molecule is CCS(=O)(=O)CCNC(=NC)NCC(c1ccc(OC)cc1)N1CCCCC1. The zero-order chi connectivity index (χ0) is 20.4. The molecule has 2 rings (SSSR count). The Morgan fingerprint density at radius 2 is 1.86 bits per heavy atom. The fraction of sp³-hybridized carbons (Fsp3) is 0.650. The standard InChI is InChI=1S/C20H34N4O3S/c1-4-28(25,26)15-12-22-20(21-2)23-16-19(24-13-6-5-7-14-24)17-8-10-18(27-3)11-9-17/h8-11,19H,4-7,12-16H2,1-3H3,(H2,21,22,23). The van der Waals surface area contributed by atoms with E-state index in [2.05, 4.69) is 32.7 Å². The van der Waals surface area contributed by atoms with E-state index >= 15 is 0 Å². The summed E-state index contributed by atoms with van der Waals surface area (Å²) in [6, 6.07) is 8.45. The Morgan fingerprint density at radius 1 is 1.18 bits per heavy atom. The Hall–Kier alpha value is -1.80. The molecule has 1 heterocycles. The van der Waals surface area contributed by atoms with Gasteiger partial charge in [0.25, 0.3) is 0 Å². The van der Waals surface area contributed by atoms with Gasteiger partial charge in [0.05, 0.1) is 18.9 Å². The van der Waals surface area contributed by atoms with E-state index in [4.69, 9.17) is 4.74 Å². The largest absolute Gasteiger partial charge is 0.497 e. The van der Waals surface area contributed by atoms with Gasteiger partial charge in [-0.2, -0.15) is 0 Å². The molecular formula is C20H34N4O3S. The number of likely N-dealkylation sites (tertiary alicyclic amines) is 1. The normalized spacial score (nSPS) is 17.2. The van der Waals surface area contributed by atoms with E-state index in [1.807, 2.05) is 12.1 Å². The summed E-state index contributed by atoms with van der Waals surface area (Å²) in [6.07, 6.45) is 3.72. The van der Waals surface area contributed by atoms with Crippen molar-refractivity contribution in [1.82, 2.24) is 15.5 Å². The van der Waals surface area contributed by atoms with Crippen molar-refractivity contribution in [3.8, 4) is 5.75 Å². The van der Waals surface area contributed by atoms with Gasteiger partial charge in [-0.25, -0.2) is 8.42 Å². The molecular weight excluding hydrogens is 376 g/mol. The van der Waals surface area contributed by atoms with E-state index in [1.54, 1.807) is 21.1 Å². The van der Waals surface area contributed by atoms with Crippen molar-refractivity contribution in [2.45, 2.75) is 32.2 Å². The summed E-state index contributed by atoms with van der Waals surface area (Å²) in [5.41, 5.74) is 1.24. The second-order valence-electron chi connectivity index (χ2n) is 7.00. The molecule has 7 nitrogen and oxygen atoms in total. The summed E-state index contributed by atoms with van der Waals surface area (Å²) in [4.78, 5) is 6.74. The van der Waals surface area contributed by atoms with Crippen LogP contribution in [0, 0.1) is 0 Å². The molecule has 158 valence electrons. The molecule has 28 heavy (non-hydrogen) atoms. The van der Waals surface area contributed by atoms with Gasteiger partial charge in [-0.05, 0) is 43.6 Å². The summed E-state index contributed by atoms with van der Waals surface area (Å²) in [7, 11) is 0.388. The van der Waals surface area contributed by atoms with Gasteiger partial charge in [0, 0.05) is 25.9 Å². The number of benzene rings is 1. The van der Waals surface area contributed by atoms with Crippen molar-refractivity contribution in [1.29, 1.82) is 0 Å². The van der Waals surface area contributed by atoms with Gasteiger partial charge in [0.15, 0.2) is 15.8 Å². The van der Waals surface area contributed by atoms with E-state index in [-0.39, 0.29) is 17.5 Å². The van der Waals surface area contributed by atoms with E-state index in [0.717, 1.165) is 18.8 Å². The van der Waals surface area contributed by atoms with Gasteiger partial charge in [0.1, 0.15) is 5.75 Å². The van der Waals surface area contributed by atoms with E-state index in [1.165, 1.54) is 24.8 Å². The molecule has 1 unspecified atom stereocenters. The second-order valence-corrected chi connectivity index (χ2v) is 9.47. The number of methoxy groups -OCH3 is 1. The van der Waals surface area contributed by atoms with Crippen molar-refractivity contribution < 1.29 is 13.2 Å². The van der Waals surface area contributed by atoms with Crippen LogP contribution in [0.1, 0.15) is 37.8 Å². The average Bonchev–Trinajstić information content (AvgIpc) is 2.73. The van der Waals surface area contributed by atoms with Gasteiger partial charge in [-0.1, -0.05) is 25.5 Å². The number of piperidine rings is 1. The van der Waals surface area contributed by atoms with E-state index in [9.17, 15) is 8.42 Å². The first-order valence-corrected chi connectivity index (χ1v) is 11.8. The number of nitrogens with zero attached hydrogens (tertiary/aromatic N) is 2. The molecule has 1 atom stereocenters. The van der Waals surface area contributed by atoms with Crippen LogP contribution in [0.4, 0.5) is 0 Å². The number of nitrogens with one attached hydrogen (secondary N) is 2. The summed E-state index contributed by atoms with van der Waals surface area (Å²) in [6.45, 7) is 4.89. The van der Waals surface area contributed by atoms with Gasteiger partial charge in [-0.15, -0.1) is 0 Å². The Morgan fingerprint density at radius 3 is 2.43 bits per heavy atom. The van der Waals surface area contributed by atoms with Crippen LogP contribution in [0.15, 0.2) is 29.3 Å². The molecule has 1 aromatic carbocycles. The van der Waals surface area contributed by atoms with E-state index < -0.39 is 9.84 Å². The maximum absolute atomic E-state index is 11.7. The molecule has 0 aliphatic carbocycles. The first kappa shape index (κ1) is 22.5. The van der Waals surface area contributed by atoms with Crippen molar-refractivity contribution >= 4 is 15.8 Å². The zero-order valence-corrected chi connectivity index (χ0v) is 18.1. The lowest BCUT2D eigenvalue weighted by molar-refractivity contribution is 0.164. The number of hydrogen-bond acceptors (Lipinski definition) is 5. The van der Waals surface area contributed by atoms with Crippen LogP contribution in [0.2, 0.25) is 0 Å². The lowest BCUT2D eigenvalue weighted by atomic mass is 10.0. The minimum absolute atomic E-state index is 0.109. The van der Waals surface area contributed by atoms with Crippen molar-refractivity contribution in [3.05, 3.63) is 29.8 Å². The van der Waals surface area contributed by atoms with Crippen molar-refractivity contribution in [3.63, 3.8) is 0 Å². The molecule has 1 fully saturated rings. The third-order valence-corrected chi connectivity index (χ3v) is 6.87. The molecule has 8 heteroatoms. The molecule has 1 aliphatic heterocycles. The molecule has 1 aliphatic rings. The highest BCUT2D eigenvalue weighted by atomic mass is 32.2. The summed E-state index contributed by atoms with van der Waals surface area (Å²) < 4.78 is 28.6. The van der Waals surface area contributed by atoms with Gasteiger partial charge < -0.3 is 15.4 Å². The number of rotatable bonds is 9. The lowest BCUT2D eigenvalue weighted by Crippen LogP contribution is -2.45. The van der Waals surface area contributed by atoms with Crippen molar-refractivity contribution in [2.24, 2.45) is 4.99 Å². The maximum atomic E-state index is 11.7. The Labute approximate surface area is 169 Å². The van der Waals surface area contributed by atoms with Crippen LogP contribution in [-0.2, 0) is 9.84 Å². The number of aliphatic imine (C=N–C) groups is 1. The lowest BCUT2D eigenvalue weighted by Gasteiger charge is -2.35. The fourth-order valence-corrected chi connectivity index (χ4v) is 4.10. The highest BCUT2D eigenvalue weighted by Gasteiger charge is 2.22. The Bertz CT molecular complexity index is 713. The third-order valence-electron chi connectivity index (χ3n) is 5.16. The highest BCUT2D eigenvalue weighted by Crippen LogP contribution is 2.25. The first-order valence-electron chi connectivity index (χ1n) is 10.0. The van der Waals surface area contributed by atoms with Gasteiger partial charge in [-0.3, -0.25) is 9.89 Å². The van der Waals surface area contributed by atoms with Crippen LogP contribution < -0.4 is 15.4 Å². The molecule has 1 saturated heterocycles. The van der Waals surface area contributed by atoms with Crippen LogP contribution in [0.25, 0.3) is 0 Å². The topological polar surface area (TPSA) is 83.0 Å². The molecule has 0 spiro atoms. The van der Waals surface area contributed by atoms with Crippen LogP contribution in [-0.4, -0.2) is 71.1 Å². The summed E-state index contributed by atoms with van der Waals surface area (Å²) in [5, 5.41) is 6.48. The Kier molecular flexibility index (Phi) is 9.05. The van der Waals surface area contributed by atoms with Crippen LogP contribution in [0.3, 0.4) is 0 Å². The smallest absolute Gasteiger partial charge is 0.191 e.